The molecule has 1 aromatic rings. The Morgan fingerprint density at radius 2 is 2.00 bits per heavy atom. The largest absolute Gasteiger partial charge is 0.393 e. The van der Waals surface area contributed by atoms with Gasteiger partial charge in [0, 0.05) is 13.1 Å². The van der Waals surface area contributed by atoms with E-state index in [1.54, 1.807) is 6.92 Å². The number of aromatic nitrogens is 2. The van der Waals surface area contributed by atoms with Gasteiger partial charge in [-0.1, -0.05) is 13.8 Å². The lowest BCUT2D eigenvalue weighted by Gasteiger charge is -2.15. The molecule has 1 heterocycles. The molecule has 1 aromatic heterocycles. The molecule has 114 valence electrons. The predicted molar refractivity (Wildman–Crippen MR) is 80.0 cm³/mol. The molecule has 1 rings (SSSR count). The third kappa shape index (κ3) is 4.41. The Labute approximate surface area is 117 Å². The van der Waals surface area contributed by atoms with Gasteiger partial charge in [0.15, 0.2) is 0 Å². The standard InChI is InChI=1S/C13H24N4O3/c1-8(2)7-17-11(14)10(12(19)16-13(17)20)15-6-4-5-9(3)18/h8-9,15,18H,4-7,14H2,1-3H3,(H,16,19,20). The van der Waals surface area contributed by atoms with Crippen LogP contribution < -0.4 is 22.3 Å². The summed E-state index contributed by atoms with van der Waals surface area (Å²) in [7, 11) is 0. The first-order chi connectivity index (χ1) is 9.32. The van der Waals surface area contributed by atoms with Gasteiger partial charge in [-0.3, -0.25) is 14.3 Å². The van der Waals surface area contributed by atoms with Gasteiger partial charge in [-0.2, -0.15) is 0 Å². The number of nitrogens with one attached hydrogen (secondary N) is 2. The molecule has 0 saturated heterocycles. The van der Waals surface area contributed by atoms with E-state index in [4.69, 9.17) is 5.73 Å². The third-order valence-corrected chi connectivity index (χ3v) is 2.89. The van der Waals surface area contributed by atoms with Gasteiger partial charge in [0.1, 0.15) is 11.5 Å². The van der Waals surface area contributed by atoms with Crippen LogP contribution in [0.3, 0.4) is 0 Å². The fourth-order valence-electron chi connectivity index (χ4n) is 1.92. The number of nitrogen functional groups attached to an aromatic ring is 1. The molecule has 7 heteroatoms. The van der Waals surface area contributed by atoms with E-state index in [1.807, 2.05) is 13.8 Å². The van der Waals surface area contributed by atoms with Crippen molar-refractivity contribution in [2.75, 3.05) is 17.6 Å². The maximum atomic E-state index is 11.8. The first-order valence-corrected chi connectivity index (χ1v) is 6.87. The average Bonchev–Trinajstić information content (AvgIpc) is 2.32. The summed E-state index contributed by atoms with van der Waals surface area (Å²) in [5, 5.41) is 12.1. The van der Waals surface area contributed by atoms with Gasteiger partial charge < -0.3 is 16.2 Å². The molecule has 0 amide bonds. The van der Waals surface area contributed by atoms with Crippen molar-refractivity contribution in [3.63, 3.8) is 0 Å². The van der Waals surface area contributed by atoms with Crippen molar-refractivity contribution in [2.45, 2.75) is 46.3 Å². The Morgan fingerprint density at radius 3 is 2.55 bits per heavy atom. The quantitative estimate of drug-likeness (QED) is 0.539. The molecule has 1 unspecified atom stereocenters. The van der Waals surface area contributed by atoms with Gasteiger partial charge in [0.25, 0.3) is 5.56 Å². The molecule has 0 aliphatic heterocycles. The number of aliphatic hydroxyl groups excluding tert-OH is 1. The predicted octanol–water partition coefficient (Wildman–Crippen LogP) is 0.348. The van der Waals surface area contributed by atoms with E-state index < -0.39 is 11.2 Å². The lowest BCUT2D eigenvalue weighted by Crippen LogP contribution is -2.35. The van der Waals surface area contributed by atoms with Crippen molar-refractivity contribution in [2.24, 2.45) is 5.92 Å². The maximum absolute atomic E-state index is 11.8. The van der Waals surface area contributed by atoms with Crippen LogP contribution in [0.4, 0.5) is 11.5 Å². The number of hydrogen-bond acceptors (Lipinski definition) is 5. The lowest BCUT2D eigenvalue weighted by molar-refractivity contribution is 0.183. The SMILES string of the molecule is CC(C)Cn1c(N)c(NCCCC(C)O)c(=O)[nH]c1=O. The Kier molecular flexibility index (Phi) is 5.82. The number of H-pyrrole nitrogens is 1. The first kappa shape index (κ1) is 16.3. The molecule has 20 heavy (non-hydrogen) atoms. The Morgan fingerprint density at radius 1 is 1.35 bits per heavy atom. The molecule has 0 aliphatic carbocycles. The smallest absolute Gasteiger partial charge is 0.330 e. The van der Waals surface area contributed by atoms with Crippen molar-refractivity contribution in [3.05, 3.63) is 20.8 Å². The van der Waals surface area contributed by atoms with Gasteiger partial charge >= 0.3 is 5.69 Å². The first-order valence-electron chi connectivity index (χ1n) is 6.87. The molecule has 0 spiro atoms. The Hall–Kier alpha value is -1.76. The molecule has 5 N–H and O–H groups in total. The molecule has 0 aliphatic rings. The number of aromatic amines is 1. The molecular weight excluding hydrogens is 260 g/mol. The summed E-state index contributed by atoms with van der Waals surface area (Å²) in [4.78, 5) is 25.8. The summed E-state index contributed by atoms with van der Waals surface area (Å²) >= 11 is 0. The second-order valence-electron chi connectivity index (χ2n) is 5.44. The van der Waals surface area contributed by atoms with Crippen molar-refractivity contribution in [3.8, 4) is 0 Å². The van der Waals surface area contributed by atoms with E-state index in [2.05, 4.69) is 10.3 Å². The van der Waals surface area contributed by atoms with Gasteiger partial charge in [-0.05, 0) is 25.7 Å². The Balaban J connectivity index is 2.90. The summed E-state index contributed by atoms with van der Waals surface area (Å²) < 4.78 is 1.36. The van der Waals surface area contributed by atoms with Crippen LogP contribution in [-0.2, 0) is 6.54 Å². The minimum absolute atomic E-state index is 0.157. The van der Waals surface area contributed by atoms with E-state index >= 15 is 0 Å². The number of nitrogens with zero attached hydrogens (tertiary/aromatic N) is 1. The summed E-state index contributed by atoms with van der Waals surface area (Å²) in [5.74, 6) is 0.397. The van der Waals surface area contributed by atoms with Crippen molar-refractivity contribution >= 4 is 11.5 Å². The fraction of sp³-hybridized carbons (Fsp3) is 0.692. The molecule has 0 aromatic carbocycles. The molecular formula is C13H24N4O3. The van der Waals surface area contributed by atoms with Crippen LogP contribution in [-0.4, -0.2) is 27.3 Å². The second kappa shape index (κ2) is 7.14. The monoisotopic (exact) mass is 284 g/mol. The highest BCUT2D eigenvalue weighted by Gasteiger charge is 2.12. The van der Waals surface area contributed by atoms with E-state index in [1.165, 1.54) is 4.57 Å². The van der Waals surface area contributed by atoms with Crippen LogP contribution in [0.1, 0.15) is 33.6 Å². The van der Waals surface area contributed by atoms with Crippen LogP contribution in [0, 0.1) is 5.92 Å². The van der Waals surface area contributed by atoms with E-state index in [0.717, 1.165) is 0 Å². The van der Waals surface area contributed by atoms with Gasteiger partial charge in [-0.25, -0.2) is 4.79 Å². The number of anilines is 2. The molecule has 0 fully saturated rings. The topological polar surface area (TPSA) is 113 Å². The summed E-state index contributed by atoms with van der Waals surface area (Å²) in [5.41, 5.74) is 5.13. The molecule has 1 atom stereocenters. The fourth-order valence-corrected chi connectivity index (χ4v) is 1.92. The second-order valence-corrected chi connectivity index (χ2v) is 5.44. The normalized spacial score (nSPS) is 12.7. The van der Waals surface area contributed by atoms with Gasteiger partial charge in [0.2, 0.25) is 0 Å². The van der Waals surface area contributed by atoms with Crippen LogP contribution in [0.15, 0.2) is 9.59 Å². The van der Waals surface area contributed by atoms with E-state index in [9.17, 15) is 14.7 Å². The zero-order chi connectivity index (χ0) is 15.3. The van der Waals surface area contributed by atoms with E-state index in [-0.39, 0.29) is 23.5 Å². The molecule has 0 radical (unpaired) electrons. The molecule has 0 bridgehead atoms. The van der Waals surface area contributed by atoms with Crippen LogP contribution in [0.25, 0.3) is 0 Å². The molecule has 0 saturated carbocycles. The minimum atomic E-state index is -0.510. The highest BCUT2D eigenvalue weighted by molar-refractivity contribution is 5.60. The number of hydrogen-bond donors (Lipinski definition) is 4. The average molecular weight is 284 g/mol. The Bertz CT molecular complexity index is 546. The molecule has 7 nitrogen and oxygen atoms in total. The summed E-state index contributed by atoms with van der Waals surface area (Å²) in [6.45, 7) is 6.60. The van der Waals surface area contributed by atoms with Gasteiger partial charge in [-0.15, -0.1) is 0 Å². The number of rotatable bonds is 7. The van der Waals surface area contributed by atoms with Crippen LogP contribution >= 0.6 is 0 Å². The van der Waals surface area contributed by atoms with Crippen molar-refractivity contribution in [1.29, 1.82) is 0 Å². The minimum Gasteiger partial charge on any atom is -0.393 e. The van der Waals surface area contributed by atoms with Crippen molar-refractivity contribution < 1.29 is 5.11 Å². The highest BCUT2D eigenvalue weighted by atomic mass is 16.3. The third-order valence-electron chi connectivity index (χ3n) is 2.89. The van der Waals surface area contributed by atoms with Crippen LogP contribution in [0.2, 0.25) is 0 Å². The number of aliphatic hydroxyl groups is 1. The van der Waals surface area contributed by atoms with Crippen molar-refractivity contribution in [1.82, 2.24) is 9.55 Å². The highest BCUT2D eigenvalue weighted by Crippen LogP contribution is 2.12. The number of nitrogens with two attached hydrogens (primary N) is 1. The summed E-state index contributed by atoms with van der Waals surface area (Å²) in [6.07, 6.45) is 0.971. The zero-order valence-electron chi connectivity index (χ0n) is 12.3. The zero-order valence-corrected chi connectivity index (χ0v) is 12.3. The summed E-state index contributed by atoms with van der Waals surface area (Å²) in [6, 6.07) is 0. The van der Waals surface area contributed by atoms with Gasteiger partial charge in [0.05, 0.1) is 6.10 Å². The van der Waals surface area contributed by atoms with Crippen LogP contribution in [0.5, 0.6) is 0 Å². The lowest BCUT2D eigenvalue weighted by atomic mass is 10.2. The van der Waals surface area contributed by atoms with E-state index in [0.29, 0.717) is 25.9 Å². The maximum Gasteiger partial charge on any atom is 0.330 e.